The maximum atomic E-state index is 12.3. The second-order valence-corrected chi connectivity index (χ2v) is 9.02. The molecule has 2 fully saturated rings. The number of aromatic nitrogens is 2. The van der Waals surface area contributed by atoms with Gasteiger partial charge in [0.25, 0.3) is 0 Å². The third-order valence-corrected chi connectivity index (χ3v) is 5.65. The molecule has 3 aliphatic rings. The summed E-state index contributed by atoms with van der Waals surface area (Å²) >= 11 is 0. The lowest BCUT2D eigenvalue weighted by Crippen LogP contribution is -2.57. The summed E-state index contributed by atoms with van der Waals surface area (Å²) in [6.45, 7) is 9.16. The molecule has 1 aromatic heterocycles. The van der Waals surface area contributed by atoms with Crippen molar-refractivity contribution in [3.05, 3.63) is 18.0 Å². The van der Waals surface area contributed by atoms with Crippen LogP contribution in [0.1, 0.15) is 58.2 Å². The first-order valence-corrected chi connectivity index (χ1v) is 10.5. The van der Waals surface area contributed by atoms with Crippen LogP contribution in [0.25, 0.3) is 0 Å². The smallest absolute Gasteiger partial charge is 0.410 e. The quantitative estimate of drug-likeness (QED) is 0.626. The van der Waals surface area contributed by atoms with Crippen molar-refractivity contribution < 1.29 is 9.53 Å². The lowest BCUT2D eigenvalue weighted by Gasteiger charge is -2.39. The summed E-state index contributed by atoms with van der Waals surface area (Å²) < 4.78 is 7.63. The van der Waals surface area contributed by atoms with Gasteiger partial charge in [-0.05, 0) is 39.7 Å². The fraction of sp³-hybridized carbons (Fsp3) is 0.750. The van der Waals surface area contributed by atoms with Gasteiger partial charge in [-0.1, -0.05) is 12.8 Å². The van der Waals surface area contributed by atoms with Crippen LogP contribution < -0.4 is 5.32 Å². The van der Waals surface area contributed by atoms with Gasteiger partial charge in [0.1, 0.15) is 5.60 Å². The molecule has 0 aromatic carbocycles. The summed E-state index contributed by atoms with van der Waals surface area (Å²) in [5.41, 5.74) is 0.583. The minimum absolute atomic E-state index is 0. The van der Waals surface area contributed by atoms with Crippen LogP contribution in [0.5, 0.6) is 0 Å². The highest BCUT2D eigenvalue weighted by atomic mass is 127. The predicted octanol–water partition coefficient (Wildman–Crippen LogP) is 3.00. The van der Waals surface area contributed by atoms with Crippen LogP contribution in [0.3, 0.4) is 0 Å². The normalized spacial score (nSPS) is 22.2. The summed E-state index contributed by atoms with van der Waals surface area (Å²) in [6, 6.07) is 2.89. The van der Waals surface area contributed by atoms with Crippen molar-refractivity contribution >= 4 is 36.0 Å². The minimum Gasteiger partial charge on any atom is -0.444 e. The number of hydrogen-bond donors (Lipinski definition) is 1. The number of carbonyl (C=O) groups excluding carboxylic acids is 1. The van der Waals surface area contributed by atoms with Crippen molar-refractivity contribution in [1.82, 2.24) is 24.9 Å². The zero-order valence-corrected chi connectivity index (χ0v) is 20.0. The number of halogens is 1. The van der Waals surface area contributed by atoms with E-state index in [0.29, 0.717) is 32.2 Å². The number of hydrogen-bond acceptors (Lipinski definition) is 6. The molecule has 2 aliphatic heterocycles. The molecule has 0 spiro atoms. The minimum atomic E-state index is -0.463. The van der Waals surface area contributed by atoms with E-state index in [1.807, 2.05) is 20.8 Å². The van der Waals surface area contributed by atoms with Gasteiger partial charge in [0.2, 0.25) is 0 Å². The Morgan fingerprint density at radius 1 is 1.24 bits per heavy atom. The highest BCUT2D eigenvalue weighted by molar-refractivity contribution is 14.0. The fourth-order valence-electron chi connectivity index (χ4n) is 4.24. The van der Waals surface area contributed by atoms with E-state index in [9.17, 15) is 4.79 Å². The molecule has 1 saturated carbocycles. The maximum absolute atomic E-state index is 12.3. The van der Waals surface area contributed by atoms with Crippen LogP contribution in [0, 0.1) is 0 Å². The van der Waals surface area contributed by atoms with Gasteiger partial charge >= 0.3 is 6.09 Å². The van der Waals surface area contributed by atoms with E-state index < -0.39 is 5.60 Å². The van der Waals surface area contributed by atoms with Gasteiger partial charge < -0.3 is 19.9 Å². The van der Waals surface area contributed by atoms with Crippen molar-refractivity contribution in [3.8, 4) is 0 Å². The van der Waals surface area contributed by atoms with Crippen molar-refractivity contribution in [1.29, 1.82) is 0 Å². The number of aliphatic imine (C=N–C) groups is 1. The topological polar surface area (TPSA) is 75.0 Å². The van der Waals surface area contributed by atoms with E-state index >= 15 is 0 Å². The lowest BCUT2D eigenvalue weighted by atomic mass is 10.2. The van der Waals surface area contributed by atoms with E-state index in [2.05, 4.69) is 32.2 Å². The Labute approximate surface area is 190 Å². The molecule has 1 unspecified atom stereocenters. The largest absolute Gasteiger partial charge is 0.444 e. The fourth-order valence-corrected chi connectivity index (χ4v) is 4.24. The molecule has 8 nitrogen and oxygen atoms in total. The van der Waals surface area contributed by atoms with Gasteiger partial charge in [0.05, 0.1) is 30.9 Å². The molecule has 162 valence electrons. The third-order valence-electron chi connectivity index (χ3n) is 5.65. The molecule has 1 aromatic rings. The number of ether oxygens (including phenoxy) is 1. The van der Waals surface area contributed by atoms with Gasteiger partial charge in [-0.15, -0.1) is 24.0 Å². The van der Waals surface area contributed by atoms with Crippen molar-refractivity contribution in [2.24, 2.45) is 4.99 Å². The molecule has 1 atom stereocenters. The monoisotopic (exact) mass is 516 g/mol. The van der Waals surface area contributed by atoms with E-state index in [-0.39, 0.29) is 36.1 Å². The number of nitrogens with one attached hydrogen (secondary N) is 1. The van der Waals surface area contributed by atoms with E-state index in [4.69, 9.17) is 9.84 Å². The number of nitrogens with zero attached hydrogens (tertiary/aromatic N) is 5. The molecule has 1 amide bonds. The predicted molar refractivity (Wildman–Crippen MR) is 123 cm³/mol. The van der Waals surface area contributed by atoms with Gasteiger partial charge in [-0.2, -0.15) is 5.10 Å². The Morgan fingerprint density at radius 3 is 2.72 bits per heavy atom. The van der Waals surface area contributed by atoms with Crippen molar-refractivity contribution in [2.75, 3.05) is 26.2 Å². The molecule has 3 heterocycles. The second kappa shape index (κ2) is 9.09. The molecule has 9 heteroatoms. The molecule has 29 heavy (non-hydrogen) atoms. The standard InChI is InChI=1S/C20H32N6O2.HI/c1-20(2,3)28-19(27)24-10-11-25-17(14-24)13-22-18(25)21-12-15-8-9-26(23-15)16-6-4-5-7-16;/h8-9,16-17H,4-7,10-14H2,1-3H3,(H,21,22);1H. The first kappa shape index (κ1) is 22.2. The first-order chi connectivity index (χ1) is 13.4. The highest BCUT2D eigenvalue weighted by Gasteiger charge is 2.36. The van der Waals surface area contributed by atoms with Crippen LogP contribution in [0.4, 0.5) is 4.79 Å². The molecule has 0 bridgehead atoms. The molecule has 1 saturated heterocycles. The molecule has 4 rings (SSSR count). The number of rotatable bonds is 3. The number of piperazine rings is 1. The van der Waals surface area contributed by atoms with Gasteiger partial charge in [0.15, 0.2) is 5.96 Å². The molecular formula is C20H33IN6O2. The lowest BCUT2D eigenvalue weighted by molar-refractivity contribution is 0.0137. The SMILES string of the molecule is CC(C)(C)OC(=O)N1CCN2C(NCc3ccn(C4CCCC4)n3)=NCC2C1.I. The second-order valence-electron chi connectivity index (χ2n) is 9.02. The molecule has 1 N–H and O–H groups in total. The zero-order chi connectivity index (χ0) is 19.7. The third kappa shape index (κ3) is 5.35. The van der Waals surface area contributed by atoms with Crippen molar-refractivity contribution in [2.45, 2.75) is 70.7 Å². The average molecular weight is 516 g/mol. The maximum Gasteiger partial charge on any atom is 0.410 e. The Bertz CT molecular complexity index is 738. The number of carbonyl (C=O) groups is 1. The number of guanidine groups is 1. The van der Waals surface area contributed by atoms with Crippen LogP contribution >= 0.6 is 24.0 Å². The average Bonchev–Trinajstić information content (AvgIpc) is 3.38. The van der Waals surface area contributed by atoms with Crippen LogP contribution in [0.15, 0.2) is 17.3 Å². The van der Waals surface area contributed by atoms with E-state index in [1.54, 1.807) is 4.90 Å². The summed E-state index contributed by atoms with van der Waals surface area (Å²) in [5.74, 6) is 0.921. The van der Waals surface area contributed by atoms with E-state index in [0.717, 1.165) is 18.2 Å². The molecule has 0 radical (unpaired) electrons. The Balaban J connectivity index is 0.00000240. The summed E-state index contributed by atoms with van der Waals surface area (Å²) in [4.78, 5) is 21.1. The Morgan fingerprint density at radius 2 is 2.00 bits per heavy atom. The van der Waals surface area contributed by atoms with Crippen LogP contribution in [-0.2, 0) is 11.3 Å². The Kier molecular flexibility index (Phi) is 6.95. The molecular weight excluding hydrogens is 483 g/mol. The van der Waals surface area contributed by atoms with Crippen molar-refractivity contribution in [3.63, 3.8) is 0 Å². The van der Waals surface area contributed by atoms with Gasteiger partial charge in [-0.25, -0.2) is 4.79 Å². The van der Waals surface area contributed by atoms with E-state index in [1.165, 1.54) is 25.7 Å². The summed E-state index contributed by atoms with van der Waals surface area (Å²) in [6.07, 6.45) is 6.98. The van der Waals surface area contributed by atoms with Crippen LogP contribution in [-0.4, -0.2) is 69.5 Å². The first-order valence-electron chi connectivity index (χ1n) is 10.5. The Hall–Kier alpha value is -1.52. The number of amides is 1. The summed E-state index contributed by atoms with van der Waals surface area (Å²) in [7, 11) is 0. The van der Waals surface area contributed by atoms with Gasteiger partial charge in [-0.3, -0.25) is 9.67 Å². The molecule has 1 aliphatic carbocycles. The van der Waals surface area contributed by atoms with Crippen LogP contribution in [0.2, 0.25) is 0 Å². The summed E-state index contributed by atoms with van der Waals surface area (Å²) in [5, 5.41) is 8.19. The number of fused-ring (bicyclic) bond motifs is 1. The van der Waals surface area contributed by atoms with Gasteiger partial charge in [0, 0.05) is 25.8 Å². The zero-order valence-electron chi connectivity index (χ0n) is 17.6. The highest BCUT2D eigenvalue weighted by Crippen LogP contribution is 2.28.